The van der Waals surface area contributed by atoms with E-state index in [1.54, 1.807) is 18.2 Å². The fraction of sp³-hybridized carbons (Fsp3) is 0.182. The first kappa shape index (κ1) is 19.1. The molecule has 7 heteroatoms. The van der Waals surface area contributed by atoms with Crippen molar-refractivity contribution in [2.75, 3.05) is 5.32 Å². The molecule has 4 aromatic rings. The zero-order valence-corrected chi connectivity index (χ0v) is 16.7. The van der Waals surface area contributed by atoms with Gasteiger partial charge in [-0.05, 0) is 42.1 Å². The van der Waals surface area contributed by atoms with Crippen LogP contribution in [0.5, 0.6) is 5.75 Å². The Morgan fingerprint density at radius 1 is 1.21 bits per heavy atom. The topological polar surface area (TPSA) is 56.2 Å². The number of aryl methyl sites for hydroxylation is 1. The van der Waals surface area contributed by atoms with Gasteiger partial charge >= 0.3 is 0 Å². The molecule has 0 aliphatic carbocycles. The number of carbonyl (C=O) groups is 1. The van der Waals surface area contributed by atoms with Gasteiger partial charge in [-0.15, -0.1) is 11.3 Å². The number of rotatable bonds is 7. The Kier molecular flexibility index (Phi) is 5.57. The molecular weight excluding hydrogens is 389 g/mol. The molecule has 4 rings (SSSR count). The first-order valence-corrected chi connectivity index (χ1v) is 10.2. The average molecular weight is 409 g/mol. The number of hydrogen-bond acceptors (Lipinski definition) is 4. The van der Waals surface area contributed by atoms with Gasteiger partial charge in [0, 0.05) is 18.2 Å². The van der Waals surface area contributed by atoms with Gasteiger partial charge in [-0.2, -0.15) is 0 Å². The molecule has 0 saturated heterocycles. The van der Waals surface area contributed by atoms with E-state index in [0.717, 1.165) is 29.6 Å². The van der Waals surface area contributed by atoms with Crippen LogP contribution in [0.4, 0.5) is 10.3 Å². The maximum absolute atomic E-state index is 13.2. The maximum atomic E-state index is 13.2. The smallest absolute Gasteiger partial charge is 0.268 e. The first-order valence-electron chi connectivity index (χ1n) is 9.36. The number of carbonyl (C=O) groups excluding carboxylic acids is 1. The summed E-state index contributed by atoms with van der Waals surface area (Å²) in [5.74, 6) is 0.446. The van der Waals surface area contributed by atoms with Crippen molar-refractivity contribution >= 4 is 34.2 Å². The Morgan fingerprint density at radius 2 is 2.07 bits per heavy atom. The molecule has 0 spiro atoms. The van der Waals surface area contributed by atoms with E-state index in [2.05, 4.69) is 17.2 Å². The summed E-state index contributed by atoms with van der Waals surface area (Å²) in [5.41, 5.74) is 2.71. The van der Waals surface area contributed by atoms with E-state index in [9.17, 15) is 9.18 Å². The molecule has 0 fully saturated rings. The summed E-state index contributed by atoms with van der Waals surface area (Å²) in [6, 6.07) is 15.6. The third-order valence-corrected chi connectivity index (χ3v) is 5.38. The minimum absolute atomic E-state index is 0.209. The summed E-state index contributed by atoms with van der Waals surface area (Å²) in [4.78, 5) is 17.9. The molecule has 2 aromatic carbocycles. The number of amides is 1. The van der Waals surface area contributed by atoms with E-state index in [4.69, 9.17) is 4.74 Å². The second-order valence-electron chi connectivity index (χ2n) is 6.60. The number of halogens is 1. The molecule has 148 valence electrons. The van der Waals surface area contributed by atoms with Gasteiger partial charge in [-0.3, -0.25) is 10.1 Å². The van der Waals surface area contributed by atoms with Gasteiger partial charge in [0.2, 0.25) is 5.95 Å². The van der Waals surface area contributed by atoms with E-state index in [1.165, 1.54) is 23.5 Å². The monoisotopic (exact) mass is 409 g/mol. The van der Waals surface area contributed by atoms with Crippen LogP contribution in [0.3, 0.4) is 0 Å². The minimum atomic E-state index is -0.345. The van der Waals surface area contributed by atoms with E-state index >= 15 is 0 Å². The largest absolute Gasteiger partial charge is 0.489 e. The van der Waals surface area contributed by atoms with Crippen LogP contribution < -0.4 is 10.1 Å². The molecule has 0 radical (unpaired) electrons. The number of anilines is 1. The highest BCUT2D eigenvalue weighted by atomic mass is 32.1. The van der Waals surface area contributed by atoms with Crippen LogP contribution in [0.2, 0.25) is 0 Å². The van der Waals surface area contributed by atoms with Crippen LogP contribution >= 0.6 is 11.3 Å². The van der Waals surface area contributed by atoms with Crippen molar-refractivity contribution in [1.82, 2.24) is 9.55 Å². The SMILES string of the molecule is CCCn1c(NC(=O)c2cc(COc3cccc(F)c3)cs2)nc2ccccc21. The number of para-hydroxylation sites is 2. The Morgan fingerprint density at radius 3 is 2.90 bits per heavy atom. The molecule has 2 heterocycles. The number of imidazole rings is 1. The van der Waals surface area contributed by atoms with Gasteiger partial charge in [0.1, 0.15) is 18.2 Å². The summed E-state index contributed by atoms with van der Waals surface area (Å²) in [5, 5.41) is 4.79. The van der Waals surface area contributed by atoms with E-state index in [1.807, 2.05) is 34.2 Å². The Bertz CT molecular complexity index is 1150. The van der Waals surface area contributed by atoms with Crippen molar-refractivity contribution in [3.8, 4) is 5.75 Å². The van der Waals surface area contributed by atoms with Gasteiger partial charge in [0.25, 0.3) is 5.91 Å². The number of nitrogens with one attached hydrogen (secondary N) is 1. The van der Waals surface area contributed by atoms with Crippen molar-refractivity contribution in [2.24, 2.45) is 0 Å². The number of nitrogens with zero attached hydrogens (tertiary/aromatic N) is 2. The predicted molar refractivity (Wildman–Crippen MR) is 113 cm³/mol. The predicted octanol–water partition coefficient (Wildman–Crippen LogP) is 5.48. The molecule has 0 aliphatic heterocycles. The average Bonchev–Trinajstić information content (AvgIpc) is 3.32. The van der Waals surface area contributed by atoms with Crippen LogP contribution in [-0.2, 0) is 13.2 Å². The zero-order valence-electron chi connectivity index (χ0n) is 15.9. The highest BCUT2D eigenvalue weighted by Crippen LogP contribution is 2.23. The Balaban J connectivity index is 1.47. The van der Waals surface area contributed by atoms with Crippen LogP contribution in [0.15, 0.2) is 60.0 Å². The van der Waals surface area contributed by atoms with Crippen molar-refractivity contribution < 1.29 is 13.9 Å². The molecule has 1 amide bonds. The summed E-state index contributed by atoms with van der Waals surface area (Å²) in [7, 11) is 0. The number of benzene rings is 2. The van der Waals surface area contributed by atoms with Crippen molar-refractivity contribution in [3.63, 3.8) is 0 Å². The fourth-order valence-corrected chi connectivity index (χ4v) is 3.87. The lowest BCUT2D eigenvalue weighted by atomic mass is 10.3. The lowest BCUT2D eigenvalue weighted by molar-refractivity contribution is 0.102. The molecule has 0 bridgehead atoms. The molecular formula is C22H20FN3O2S. The highest BCUT2D eigenvalue weighted by molar-refractivity contribution is 7.12. The number of thiophene rings is 1. The van der Waals surface area contributed by atoms with E-state index in [0.29, 0.717) is 16.6 Å². The van der Waals surface area contributed by atoms with Crippen molar-refractivity contribution in [1.29, 1.82) is 0 Å². The minimum Gasteiger partial charge on any atom is -0.489 e. The van der Waals surface area contributed by atoms with Crippen LogP contribution in [0, 0.1) is 5.82 Å². The van der Waals surface area contributed by atoms with Crippen LogP contribution in [0.1, 0.15) is 28.6 Å². The molecule has 0 aliphatic rings. The molecule has 1 N–H and O–H groups in total. The number of fused-ring (bicyclic) bond motifs is 1. The quantitative estimate of drug-likeness (QED) is 0.440. The van der Waals surface area contributed by atoms with Gasteiger partial charge in [-0.1, -0.05) is 25.1 Å². The van der Waals surface area contributed by atoms with Crippen molar-refractivity contribution in [2.45, 2.75) is 26.5 Å². The normalized spacial score (nSPS) is 11.0. The van der Waals surface area contributed by atoms with Gasteiger partial charge in [0.15, 0.2) is 0 Å². The third-order valence-electron chi connectivity index (χ3n) is 4.41. The molecule has 29 heavy (non-hydrogen) atoms. The lowest BCUT2D eigenvalue weighted by Crippen LogP contribution is -2.15. The standard InChI is InChI=1S/C22H20FN3O2S/c1-2-10-26-19-9-4-3-8-18(19)24-22(26)25-21(27)20-11-15(14-29-20)13-28-17-7-5-6-16(23)12-17/h3-9,11-12,14H,2,10,13H2,1H3,(H,24,25,27). The van der Waals surface area contributed by atoms with Crippen LogP contribution in [0.25, 0.3) is 11.0 Å². The van der Waals surface area contributed by atoms with Crippen LogP contribution in [-0.4, -0.2) is 15.5 Å². The molecule has 0 saturated carbocycles. The summed E-state index contributed by atoms with van der Waals surface area (Å²) >= 11 is 1.34. The zero-order chi connectivity index (χ0) is 20.2. The molecule has 0 unspecified atom stereocenters. The second-order valence-corrected chi connectivity index (χ2v) is 7.51. The van der Waals surface area contributed by atoms with Gasteiger partial charge in [-0.25, -0.2) is 9.37 Å². The lowest BCUT2D eigenvalue weighted by Gasteiger charge is -2.08. The first-order chi connectivity index (χ1) is 14.1. The fourth-order valence-electron chi connectivity index (χ4n) is 3.08. The van der Waals surface area contributed by atoms with Gasteiger partial charge < -0.3 is 9.30 Å². The second kappa shape index (κ2) is 8.45. The number of ether oxygens (including phenoxy) is 1. The van der Waals surface area contributed by atoms with Gasteiger partial charge in [0.05, 0.1) is 15.9 Å². The highest BCUT2D eigenvalue weighted by Gasteiger charge is 2.15. The van der Waals surface area contributed by atoms with E-state index < -0.39 is 0 Å². The third kappa shape index (κ3) is 4.30. The molecule has 0 atom stereocenters. The Labute approximate surface area is 171 Å². The molecule has 5 nitrogen and oxygen atoms in total. The number of hydrogen-bond donors (Lipinski definition) is 1. The maximum Gasteiger partial charge on any atom is 0.268 e. The summed E-state index contributed by atoms with van der Waals surface area (Å²) < 4.78 is 20.9. The molecule has 2 aromatic heterocycles. The summed E-state index contributed by atoms with van der Waals surface area (Å²) in [6.07, 6.45) is 0.934. The Hall–Kier alpha value is -3.19. The number of aromatic nitrogens is 2. The van der Waals surface area contributed by atoms with Crippen molar-refractivity contribution in [3.05, 3.63) is 76.2 Å². The van der Waals surface area contributed by atoms with E-state index in [-0.39, 0.29) is 18.3 Å². The summed E-state index contributed by atoms with van der Waals surface area (Å²) in [6.45, 7) is 3.12.